The van der Waals surface area contributed by atoms with Gasteiger partial charge in [-0.15, -0.1) is 0 Å². The van der Waals surface area contributed by atoms with E-state index in [1.165, 1.54) is 12.8 Å². The Labute approximate surface area is 149 Å². The van der Waals surface area contributed by atoms with Gasteiger partial charge in [0.25, 0.3) is 0 Å². The lowest BCUT2D eigenvalue weighted by molar-refractivity contribution is -0.133. The number of amides is 1. The van der Waals surface area contributed by atoms with E-state index in [-0.39, 0.29) is 17.4 Å². The molecule has 0 aromatic carbocycles. The number of nitrogens with zero attached hydrogens (tertiary/aromatic N) is 1. The summed E-state index contributed by atoms with van der Waals surface area (Å²) in [6.45, 7) is 18.6. The van der Waals surface area contributed by atoms with E-state index in [1.54, 1.807) is 0 Å². The molecule has 0 bridgehead atoms. The summed E-state index contributed by atoms with van der Waals surface area (Å²) in [7, 11) is 0. The van der Waals surface area contributed by atoms with Gasteiger partial charge in [0.2, 0.25) is 5.91 Å². The number of carbonyl (C=O) groups is 1. The van der Waals surface area contributed by atoms with E-state index in [9.17, 15) is 4.79 Å². The number of hydrogen-bond acceptors (Lipinski definition) is 2. The Morgan fingerprint density at radius 3 is 2.38 bits per heavy atom. The zero-order chi connectivity index (χ0) is 18.1. The van der Waals surface area contributed by atoms with Crippen molar-refractivity contribution >= 4 is 5.91 Å². The second-order valence-corrected chi connectivity index (χ2v) is 9.50. The Morgan fingerprint density at radius 1 is 1.21 bits per heavy atom. The number of hydrogen-bond donors (Lipinski definition) is 1. The first-order valence-electron chi connectivity index (χ1n) is 9.85. The summed E-state index contributed by atoms with van der Waals surface area (Å²) in [5.74, 6) is 2.60. The first-order valence-corrected chi connectivity index (χ1v) is 9.85. The first-order chi connectivity index (χ1) is 11.1. The minimum absolute atomic E-state index is 0.0422. The number of rotatable bonds is 7. The van der Waals surface area contributed by atoms with Gasteiger partial charge in [-0.05, 0) is 55.8 Å². The predicted octanol–water partition coefficient (Wildman–Crippen LogP) is 4.59. The molecule has 1 heterocycles. The number of nitrogens with one attached hydrogen (secondary N) is 1. The van der Waals surface area contributed by atoms with Gasteiger partial charge in [-0.1, -0.05) is 41.2 Å². The van der Waals surface area contributed by atoms with Gasteiger partial charge in [0.1, 0.15) is 0 Å². The van der Waals surface area contributed by atoms with Crippen molar-refractivity contribution in [3.05, 3.63) is 12.3 Å². The molecule has 2 unspecified atom stereocenters. The van der Waals surface area contributed by atoms with Crippen LogP contribution < -0.4 is 5.32 Å². The summed E-state index contributed by atoms with van der Waals surface area (Å²) in [5.41, 5.74) is 1.08. The zero-order valence-corrected chi connectivity index (χ0v) is 16.7. The molecule has 0 aromatic rings. The largest absolute Gasteiger partial charge is 0.384 e. The summed E-state index contributed by atoms with van der Waals surface area (Å²) in [5, 5.41) is 3.64. The molecule has 1 aliphatic heterocycles. The second-order valence-electron chi connectivity index (χ2n) is 9.50. The van der Waals surface area contributed by atoms with Gasteiger partial charge in [0, 0.05) is 24.7 Å². The summed E-state index contributed by atoms with van der Waals surface area (Å²) >= 11 is 0. The van der Waals surface area contributed by atoms with E-state index in [0.717, 1.165) is 36.9 Å². The van der Waals surface area contributed by atoms with Crippen molar-refractivity contribution in [2.75, 3.05) is 6.54 Å². The summed E-state index contributed by atoms with van der Waals surface area (Å²) < 4.78 is 0. The van der Waals surface area contributed by atoms with Gasteiger partial charge in [0.15, 0.2) is 0 Å². The molecule has 1 saturated heterocycles. The molecule has 4 atom stereocenters. The van der Waals surface area contributed by atoms with Crippen LogP contribution in [0, 0.1) is 23.2 Å². The van der Waals surface area contributed by atoms with Crippen LogP contribution in [0.3, 0.4) is 0 Å². The van der Waals surface area contributed by atoms with Crippen LogP contribution in [0.15, 0.2) is 12.3 Å². The molecule has 2 fully saturated rings. The average molecular weight is 335 g/mol. The van der Waals surface area contributed by atoms with Crippen LogP contribution in [0.25, 0.3) is 0 Å². The highest BCUT2D eigenvalue weighted by Gasteiger charge is 2.36. The zero-order valence-electron chi connectivity index (χ0n) is 16.7. The van der Waals surface area contributed by atoms with Crippen LogP contribution in [0.1, 0.15) is 73.6 Å². The van der Waals surface area contributed by atoms with Crippen LogP contribution in [-0.4, -0.2) is 29.4 Å². The lowest BCUT2D eigenvalue weighted by atomic mass is 9.86. The van der Waals surface area contributed by atoms with Gasteiger partial charge in [-0.25, -0.2) is 0 Å². The number of carbonyl (C=O) groups excluding carboxylic acids is 1. The van der Waals surface area contributed by atoms with E-state index in [1.807, 2.05) is 0 Å². The van der Waals surface area contributed by atoms with Gasteiger partial charge in [0.05, 0.1) is 6.04 Å². The lowest BCUT2D eigenvalue weighted by Crippen LogP contribution is -2.44. The van der Waals surface area contributed by atoms with E-state index in [2.05, 4.69) is 58.3 Å². The van der Waals surface area contributed by atoms with Gasteiger partial charge in [-0.2, -0.15) is 0 Å². The highest BCUT2D eigenvalue weighted by Crippen LogP contribution is 2.41. The Bertz CT molecular complexity index is 461. The first kappa shape index (κ1) is 19.3. The van der Waals surface area contributed by atoms with Crippen molar-refractivity contribution in [2.24, 2.45) is 23.2 Å². The van der Waals surface area contributed by atoms with Crippen molar-refractivity contribution in [3.63, 3.8) is 0 Å². The molecule has 3 heteroatoms. The summed E-state index contributed by atoms with van der Waals surface area (Å²) in [6, 6.07) is 0.582. The topological polar surface area (TPSA) is 32.3 Å². The minimum Gasteiger partial charge on any atom is -0.384 e. The van der Waals surface area contributed by atoms with Crippen molar-refractivity contribution in [3.8, 4) is 0 Å². The normalized spacial score (nSPS) is 25.2. The molecular formula is C21H38N2O. The fourth-order valence-electron chi connectivity index (χ4n) is 4.01. The van der Waals surface area contributed by atoms with Gasteiger partial charge >= 0.3 is 0 Å². The molecule has 2 aliphatic rings. The molecule has 3 nitrogen and oxygen atoms in total. The third-order valence-electron chi connectivity index (χ3n) is 6.05. The molecular weight excluding hydrogens is 296 g/mol. The molecule has 0 aromatic heterocycles. The van der Waals surface area contributed by atoms with Crippen LogP contribution >= 0.6 is 0 Å². The van der Waals surface area contributed by atoms with Crippen LogP contribution in [-0.2, 0) is 4.79 Å². The smallest absolute Gasteiger partial charge is 0.223 e. The van der Waals surface area contributed by atoms with E-state index in [4.69, 9.17) is 0 Å². The molecule has 2 rings (SSSR count). The predicted molar refractivity (Wildman–Crippen MR) is 102 cm³/mol. The molecule has 1 aliphatic carbocycles. The van der Waals surface area contributed by atoms with Gasteiger partial charge in [-0.3, -0.25) is 4.79 Å². The summed E-state index contributed by atoms with van der Waals surface area (Å²) in [6.07, 6.45) is 5.54. The van der Waals surface area contributed by atoms with E-state index < -0.39 is 0 Å². The van der Waals surface area contributed by atoms with Crippen molar-refractivity contribution < 1.29 is 4.79 Å². The summed E-state index contributed by atoms with van der Waals surface area (Å²) in [4.78, 5) is 14.7. The molecule has 1 amide bonds. The average Bonchev–Trinajstić information content (AvgIpc) is 3.19. The van der Waals surface area contributed by atoms with Crippen LogP contribution in [0.4, 0.5) is 0 Å². The maximum absolute atomic E-state index is 12.7. The van der Waals surface area contributed by atoms with Crippen molar-refractivity contribution in [2.45, 2.75) is 85.7 Å². The van der Waals surface area contributed by atoms with Crippen LogP contribution in [0.2, 0.25) is 0 Å². The highest BCUT2D eigenvalue weighted by atomic mass is 16.2. The minimum atomic E-state index is 0.0422. The van der Waals surface area contributed by atoms with Crippen LogP contribution in [0.5, 0.6) is 0 Å². The van der Waals surface area contributed by atoms with Crippen molar-refractivity contribution in [1.29, 1.82) is 0 Å². The Hall–Kier alpha value is -0.990. The maximum Gasteiger partial charge on any atom is 0.223 e. The fourth-order valence-corrected chi connectivity index (χ4v) is 4.01. The third kappa shape index (κ3) is 5.00. The molecule has 0 spiro atoms. The third-order valence-corrected chi connectivity index (χ3v) is 6.05. The Morgan fingerprint density at radius 2 is 1.83 bits per heavy atom. The van der Waals surface area contributed by atoms with E-state index >= 15 is 0 Å². The Balaban J connectivity index is 1.91. The van der Waals surface area contributed by atoms with Gasteiger partial charge < -0.3 is 10.2 Å². The number of likely N-dealkylation sites (tertiary alicyclic amines) is 1. The Kier molecular flexibility index (Phi) is 6.04. The lowest BCUT2D eigenvalue weighted by Gasteiger charge is -2.33. The monoisotopic (exact) mass is 334 g/mol. The SMILES string of the molecule is C=C(NC(C)[C@@H](C)C(C)C1CC1)[C@@H]1CCCN1C(=O)CC(C)(C)C. The van der Waals surface area contributed by atoms with Crippen molar-refractivity contribution in [1.82, 2.24) is 10.2 Å². The van der Waals surface area contributed by atoms with E-state index in [0.29, 0.717) is 18.4 Å². The standard InChI is InChI=1S/C21H38N2O/c1-14(15(2)18-10-11-18)16(3)22-17(4)19-9-8-12-23(19)20(24)13-21(5,6)7/h14-16,18-19,22H,4,8-13H2,1-3,5-7H3/t14-,15?,16?,19-/m0/s1. The maximum atomic E-state index is 12.7. The quantitative estimate of drug-likeness (QED) is 0.738. The molecule has 1 N–H and O–H groups in total. The molecule has 1 saturated carbocycles. The molecule has 138 valence electrons. The fraction of sp³-hybridized carbons (Fsp3) is 0.857. The highest BCUT2D eigenvalue weighted by molar-refractivity contribution is 5.77. The molecule has 24 heavy (non-hydrogen) atoms. The second kappa shape index (κ2) is 7.49. The molecule has 0 radical (unpaired) electrons.